The van der Waals surface area contributed by atoms with Crippen LogP contribution in [0.1, 0.15) is 31.4 Å². The first kappa shape index (κ1) is 9.97. The number of rotatable bonds is 3. The van der Waals surface area contributed by atoms with Gasteiger partial charge in [0.25, 0.3) is 0 Å². The highest BCUT2D eigenvalue weighted by Gasteiger charge is 2.24. The zero-order valence-corrected chi connectivity index (χ0v) is 8.50. The summed E-state index contributed by atoms with van der Waals surface area (Å²) in [5.41, 5.74) is 2.03. The quantitative estimate of drug-likeness (QED) is 0.647. The van der Waals surface area contributed by atoms with Gasteiger partial charge in [0.05, 0.1) is 0 Å². The van der Waals surface area contributed by atoms with Gasteiger partial charge in [-0.25, -0.2) is 0 Å². The van der Waals surface area contributed by atoms with E-state index in [9.17, 15) is 4.79 Å². The Morgan fingerprint density at radius 2 is 2.00 bits per heavy atom. The molecule has 0 aliphatic heterocycles. The molecule has 1 rings (SSSR count). The molecule has 0 amide bonds. The maximum absolute atomic E-state index is 11.0. The van der Waals surface area contributed by atoms with Gasteiger partial charge < -0.3 is 4.79 Å². The van der Waals surface area contributed by atoms with E-state index in [0.29, 0.717) is 0 Å². The van der Waals surface area contributed by atoms with Gasteiger partial charge in [0, 0.05) is 5.41 Å². The van der Waals surface area contributed by atoms with Gasteiger partial charge in [-0.05, 0) is 31.4 Å². The minimum atomic E-state index is -0.314. The maximum Gasteiger partial charge on any atom is 0.130 e. The van der Waals surface area contributed by atoms with E-state index in [1.807, 2.05) is 45.0 Å². The topological polar surface area (TPSA) is 17.1 Å². The molecule has 0 saturated carbocycles. The zero-order chi connectivity index (χ0) is 9.90. The number of hydrogen-bond donors (Lipinski definition) is 0. The molecule has 1 nitrogen and oxygen atoms in total. The van der Waals surface area contributed by atoms with E-state index in [-0.39, 0.29) is 5.41 Å². The van der Waals surface area contributed by atoms with Crippen LogP contribution in [0, 0.1) is 6.92 Å². The van der Waals surface area contributed by atoms with Crippen LogP contribution in [-0.2, 0) is 10.2 Å². The summed E-state index contributed by atoms with van der Waals surface area (Å²) < 4.78 is 0. The minimum Gasteiger partial charge on any atom is -0.302 e. The lowest BCUT2D eigenvalue weighted by Gasteiger charge is -2.23. The van der Waals surface area contributed by atoms with Gasteiger partial charge in [-0.1, -0.05) is 31.2 Å². The molecule has 1 unspecified atom stereocenters. The Morgan fingerprint density at radius 1 is 1.38 bits per heavy atom. The molecule has 0 radical (unpaired) electrons. The molecule has 0 saturated heterocycles. The summed E-state index contributed by atoms with van der Waals surface area (Å²) >= 11 is 0. The molecular weight excluding hydrogens is 160 g/mol. The lowest BCUT2D eigenvalue weighted by Crippen LogP contribution is -2.23. The third-order valence-electron chi connectivity index (χ3n) is 2.75. The maximum atomic E-state index is 11.0. The van der Waals surface area contributed by atoms with Crippen molar-refractivity contribution in [1.29, 1.82) is 0 Å². The molecule has 0 bridgehead atoms. The molecular formula is C12H16O. The zero-order valence-electron chi connectivity index (χ0n) is 8.50. The van der Waals surface area contributed by atoms with Crippen molar-refractivity contribution in [2.75, 3.05) is 0 Å². The number of hydrogen-bond acceptors (Lipinski definition) is 1. The first-order valence-electron chi connectivity index (χ1n) is 4.66. The molecule has 70 valence electrons. The molecule has 1 aromatic rings. The Labute approximate surface area is 79.8 Å². The molecule has 0 aliphatic carbocycles. The highest BCUT2D eigenvalue weighted by atomic mass is 16.1. The smallest absolute Gasteiger partial charge is 0.130 e. The van der Waals surface area contributed by atoms with Gasteiger partial charge in [0.15, 0.2) is 0 Å². The van der Waals surface area contributed by atoms with E-state index in [1.165, 1.54) is 5.56 Å². The fourth-order valence-corrected chi connectivity index (χ4v) is 1.55. The van der Waals surface area contributed by atoms with Crippen LogP contribution in [0.2, 0.25) is 0 Å². The lowest BCUT2D eigenvalue weighted by atomic mass is 9.79. The molecule has 0 aromatic heterocycles. The molecule has 13 heavy (non-hydrogen) atoms. The molecule has 0 heterocycles. The number of benzene rings is 1. The summed E-state index contributed by atoms with van der Waals surface area (Å²) in [5, 5.41) is 0. The normalized spacial score (nSPS) is 15.0. The molecule has 0 aliphatic rings. The molecule has 1 atom stereocenters. The second kappa shape index (κ2) is 3.73. The summed E-state index contributed by atoms with van der Waals surface area (Å²) in [6, 6.07) is 8.07. The van der Waals surface area contributed by atoms with Crippen LogP contribution >= 0.6 is 0 Å². The minimum absolute atomic E-state index is 0.314. The third kappa shape index (κ3) is 1.80. The van der Waals surface area contributed by atoms with E-state index in [2.05, 4.69) is 0 Å². The van der Waals surface area contributed by atoms with Gasteiger partial charge >= 0.3 is 0 Å². The largest absolute Gasteiger partial charge is 0.302 e. The molecule has 1 heteroatoms. The van der Waals surface area contributed by atoms with Crippen LogP contribution in [0.5, 0.6) is 0 Å². The summed E-state index contributed by atoms with van der Waals surface area (Å²) in [6.45, 7) is 6.08. The van der Waals surface area contributed by atoms with Crippen LogP contribution in [0.4, 0.5) is 0 Å². The monoisotopic (exact) mass is 176 g/mol. The third-order valence-corrected chi connectivity index (χ3v) is 2.75. The Morgan fingerprint density at radius 3 is 2.46 bits per heavy atom. The predicted molar refractivity (Wildman–Crippen MR) is 54.9 cm³/mol. The van der Waals surface area contributed by atoms with Crippen molar-refractivity contribution in [3.8, 4) is 0 Å². The van der Waals surface area contributed by atoms with E-state index < -0.39 is 0 Å². The highest BCUT2D eigenvalue weighted by molar-refractivity contribution is 5.68. The molecule has 0 fully saturated rings. The number of carbonyl (C=O) groups is 1. The average Bonchev–Trinajstić information content (AvgIpc) is 2.17. The van der Waals surface area contributed by atoms with E-state index in [1.54, 1.807) is 0 Å². The van der Waals surface area contributed by atoms with Gasteiger partial charge in [0.1, 0.15) is 6.29 Å². The van der Waals surface area contributed by atoms with Crippen LogP contribution in [0.3, 0.4) is 0 Å². The van der Waals surface area contributed by atoms with Gasteiger partial charge in [-0.15, -0.1) is 0 Å². The van der Waals surface area contributed by atoms with Crippen LogP contribution in [-0.4, -0.2) is 6.29 Å². The second-order valence-corrected chi connectivity index (χ2v) is 3.70. The van der Waals surface area contributed by atoms with Crippen LogP contribution in [0.25, 0.3) is 0 Å². The summed E-state index contributed by atoms with van der Waals surface area (Å²) in [4.78, 5) is 11.0. The van der Waals surface area contributed by atoms with E-state index >= 15 is 0 Å². The summed E-state index contributed by atoms with van der Waals surface area (Å²) in [5.74, 6) is 0. The first-order chi connectivity index (χ1) is 6.14. The second-order valence-electron chi connectivity index (χ2n) is 3.70. The standard InChI is InChI=1S/C12H16O/c1-4-12(3,9-13)11-8-6-5-7-10(11)2/h5-9H,4H2,1-3H3. The van der Waals surface area contributed by atoms with Crippen molar-refractivity contribution < 1.29 is 4.79 Å². The van der Waals surface area contributed by atoms with Crippen LogP contribution < -0.4 is 0 Å². The summed E-state index contributed by atoms with van der Waals surface area (Å²) in [7, 11) is 0. The number of aryl methyl sites for hydroxylation is 1. The van der Waals surface area contributed by atoms with Gasteiger partial charge in [-0.2, -0.15) is 0 Å². The van der Waals surface area contributed by atoms with Crippen molar-refractivity contribution in [3.05, 3.63) is 35.4 Å². The van der Waals surface area contributed by atoms with Crippen LogP contribution in [0.15, 0.2) is 24.3 Å². The van der Waals surface area contributed by atoms with Crippen molar-refractivity contribution in [3.63, 3.8) is 0 Å². The van der Waals surface area contributed by atoms with Crippen molar-refractivity contribution in [2.24, 2.45) is 0 Å². The average molecular weight is 176 g/mol. The van der Waals surface area contributed by atoms with Gasteiger partial charge in [0.2, 0.25) is 0 Å². The molecule has 0 N–H and O–H groups in total. The van der Waals surface area contributed by atoms with Crippen molar-refractivity contribution >= 4 is 6.29 Å². The van der Waals surface area contributed by atoms with Crippen molar-refractivity contribution in [1.82, 2.24) is 0 Å². The highest BCUT2D eigenvalue weighted by Crippen LogP contribution is 2.27. The van der Waals surface area contributed by atoms with E-state index in [0.717, 1.165) is 18.3 Å². The predicted octanol–water partition coefficient (Wildman–Crippen LogP) is 2.86. The fraction of sp³-hybridized carbons (Fsp3) is 0.417. The Bertz CT molecular complexity index is 304. The van der Waals surface area contributed by atoms with Gasteiger partial charge in [-0.3, -0.25) is 0 Å². The van der Waals surface area contributed by atoms with E-state index in [4.69, 9.17) is 0 Å². The Hall–Kier alpha value is -1.11. The SMILES string of the molecule is CCC(C)(C=O)c1ccccc1C. The number of carbonyl (C=O) groups excluding carboxylic acids is 1. The summed E-state index contributed by atoms with van der Waals surface area (Å²) in [6.07, 6.45) is 1.90. The molecule has 1 aromatic carbocycles. The lowest BCUT2D eigenvalue weighted by molar-refractivity contribution is -0.112. The van der Waals surface area contributed by atoms with Crippen molar-refractivity contribution in [2.45, 2.75) is 32.6 Å². The molecule has 0 spiro atoms. The Balaban J connectivity index is 3.19. The fourth-order valence-electron chi connectivity index (χ4n) is 1.55. The number of aldehydes is 1. The Kier molecular flexibility index (Phi) is 2.86. The first-order valence-corrected chi connectivity index (χ1v) is 4.66.